The maximum atomic E-state index is 14.3. The largest absolute Gasteiger partial charge is 0.481 e. The van der Waals surface area contributed by atoms with Gasteiger partial charge in [-0.25, -0.2) is 8.78 Å². The standard InChI is InChI=1S/C28H23F2N3O3/c1-15-9-17(7-8-22(15)23-3-2-4-24(29)25(23)30)27-31-26(32-36-27)16-5-6-18-13-33(14-20(18)10-16)21-11-19(12-21)28(34)35/h2-10,19,21H,11-14H2,1H3,(H,34,35). The first-order chi connectivity index (χ1) is 17.4. The van der Waals surface area contributed by atoms with Crippen molar-refractivity contribution in [3.05, 3.63) is 82.9 Å². The summed E-state index contributed by atoms with van der Waals surface area (Å²) in [4.78, 5) is 18.0. The van der Waals surface area contributed by atoms with Gasteiger partial charge < -0.3 is 9.63 Å². The van der Waals surface area contributed by atoms with Crippen molar-refractivity contribution in [3.8, 4) is 34.0 Å². The SMILES string of the molecule is Cc1cc(-c2nc(-c3ccc4c(c3)CN(C3CC(C(=O)O)C3)C4)no2)ccc1-c1cccc(F)c1F. The van der Waals surface area contributed by atoms with Gasteiger partial charge in [-0.15, -0.1) is 0 Å². The first-order valence-corrected chi connectivity index (χ1v) is 11.9. The van der Waals surface area contributed by atoms with Crippen LogP contribution in [0.15, 0.2) is 59.1 Å². The molecule has 0 atom stereocenters. The van der Waals surface area contributed by atoms with Crippen molar-refractivity contribution in [2.45, 2.75) is 38.9 Å². The molecule has 1 N–H and O–H groups in total. The highest BCUT2D eigenvalue weighted by atomic mass is 19.2. The monoisotopic (exact) mass is 487 g/mol. The highest BCUT2D eigenvalue weighted by Crippen LogP contribution is 2.38. The number of carboxylic acids is 1. The zero-order valence-electron chi connectivity index (χ0n) is 19.5. The second-order valence-corrected chi connectivity index (χ2v) is 9.60. The lowest BCUT2D eigenvalue weighted by atomic mass is 9.79. The van der Waals surface area contributed by atoms with Gasteiger partial charge in [0.15, 0.2) is 11.6 Å². The van der Waals surface area contributed by atoms with E-state index in [4.69, 9.17) is 9.63 Å². The molecule has 0 radical (unpaired) electrons. The van der Waals surface area contributed by atoms with E-state index in [2.05, 4.69) is 27.2 Å². The van der Waals surface area contributed by atoms with Gasteiger partial charge in [0, 0.05) is 35.8 Å². The van der Waals surface area contributed by atoms with Gasteiger partial charge in [-0.2, -0.15) is 4.98 Å². The van der Waals surface area contributed by atoms with E-state index >= 15 is 0 Å². The van der Waals surface area contributed by atoms with E-state index in [1.165, 1.54) is 17.2 Å². The molecule has 1 aliphatic carbocycles. The average molecular weight is 488 g/mol. The second-order valence-electron chi connectivity index (χ2n) is 9.60. The minimum atomic E-state index is -0.882. The molecule has 0 saturated heterocycles. The van der Waals surface area contributed by atoms with Crippen molar-refractivity contribution in [3.63, 3.8) is 0 Å². The number of rotatable bonds is 5. The van der Waals surface area contributed by atoms with Crippen molar-refractivity contribution in [2.24, 2.45) is 5.92 Å². The second kappa shape index (κ2) is 8.64. The molecule has 1 aromatic heterocycles. The van der Waals surface area contributed by atoms with Crippen LogP contribution in [0.5, 0.6) is 0 Å². The zero-order valence-corrected chi connectivity index (χ0v) is 19.5. The summed E-state index contributed by atoms with van der Waals surface area (Å²) in [5, 5.41) is 13.3. The van der Waals surface area contributed by atoms with Crippen molar-refractivity contribution in [1.82, 2.24) is 15.0 Å². The number of carboxylic acid groups (broad SMARTS) is 1. The first kappa shape index (κ1) is 22.5. The van der Waals surface area contributed by atoms with Crippen LogP contribution in [0.3, 0.4) is 0 Å². The number of benzene rings is 3. The fourth-order valence-corrected chi connectivity index (χ4v) is 5.17. The Kier molecular flexibility index (Phi) is 5.41. The van der Waals surface area contributed by atoms with Gasteiger partial charge in [-0.05, 0) is 66.3 Å². The van der Waals surface area contributed by atoms with Crippen molar-refractivity contribution in [2.75, 3.05) is 0 Å². The minimum absolute atomic E-state index is 0.206. The molecule has 0 spiro atoms. The van der Waals surface area contributed by atoms with Gasteiger partial charge in [0.05, 0.1) is 5.92 Å². The number of fused-ring (bicyclic) bond motifs is 1. The minimum Gasteiger partial charge on any atom is -0.481 e. The molecule has 1 aliphatic heterocycles. The van der Waals surface area contributed by atoms with Crippen LogP contribution >= 0.6 is 0 Å². The number of halogens is 2. The Bertz CT molecular complexity index is 1490. The van der Waals surface area contributed by atoms with Gasteiger partial charge in [-0.3, -0.25) is 9.69 Å². The van der Waals surface area contributed by atoms with Crippen LogP contribution in [0.1, 0.15) is 29.5 Å². The lowest BCUT2D eigenvalue weighted by Gasteiger charge is -2.39. The number of aliphatic carboxylic acids is 1. The summed E-state index contributed by atoms with van der Waals surface area (Å²) in [6.07, 6.45) is 1.41. The average Bonchev–Trinajstić information content (AvgIpc) is 3.47. The molecule has 2 heterocycles. The van der Waals surface area contributed by atoms with E-state index in [-0.39, 0.29) is 11.5 Å². The number of hydrogen-bond donors (Lipinski definition) is 1. The van der Waals surface area contributed by atoms with Gasteiger partial charge in [0.1, 0.15) is 0 Å². The van der Waals surface area contributed by atoms with Crippen LogP contribution in [0, 0.1) is 24.5 Å². The molecule has 182 valence electrons. The maximum Gasteiger partial charge on any atom is 0.306 e. The lowest BCUT2D eigenvalue weighted by Crippen LogP contribution is -2.44. The van der Waals surface area contributed by atoms with Gasteiger partial charge in [0.25, 0.3) is 5.89 Å². The molecule has 0 amide bonds. The number of aryl methyl sites for hydroxylation is 1. The maximum absolute atomic E-state index is 14.3. The van der Waals surface area contributed by atoms with E-state index in [1.807, 2.05) is 19.1 Å². The number of carbonyl (C=O) groups is 1. The van der Waals surface area contributed by atoms with E-state index in [0.29, 0.717) is 41.7 Å². The van der Waals surface area contributed by atoms with Crippen molar-refractivity contribution >= 4 is 5.97 Å². The quantitative estimate of drug-likeness (QED) is 0.381. The Labute approximate surface area is 206 Å². The van der Waals surface area contributed by atoms with Crippen LogP contribution in [-0.2, 0) is 17.9 Å². The summed E-state index contributed by atoms with van der Waals surface area (Å²) >= 11 is 0. The summed E-state index contributed by atoms with van der Waals surface area (Å²) in [6, 6.07) is 15.9. The lowest BCUT2D eigenvalue weighted by molar-refractivity contribution is -0.147. The Balaban J connectivity index is 1.20. The molecule has 4 aromatic rings. The molecule has 2 aliphatic rings. The number of hydrogen-bond acceptors (Lipinski definition) is 5. The van der Waals surface area contributed by atoms with Crippen molar-refractivity contribution in [1.29, 1.82) is 0 Å². The van der Waals surface area contributed by atoms with E-state index in [0.717, 1.165) is 30.3 Å². The van der Waals surface area contributed by atoms with Crippen molar-refractivity contribution < 1.29 is 23.2 Å². The molecule has 1 fully saturated rings. The Morgan fingerprint density at radius 2 is 1.78 bits per heavy atom. The third kappa shape index (κ3) is 3.87. The Morgan fingerprint density at radius 1 is 1.00 bits per heavy atom. The predicted molar refractivity (Wildman–Crippen MR) is 129 cm³/mol. The topological polar surface area (TPSA) is 79.5 Å². The molecule has 0 bridgehead atoms. The first-order valence-electron chi connectivity index (χ1n) is 11.9. The summed E-state index contributed by atoms with van der Waals surface area (Å²) in [6.45, 7) is 3.43. The summed E-state index contributed by atoms with van der Waals surface area (Å²) in [5.74, 6) is -1.87. The zero-order chi connectivity index (χ0) is 25.0. The van der Waals surface area contributed by atoms with Gasteiger partial charge in [0.2, 0.25) is 5.82 Å². The van der Waals surface area contributed by atoms with Crippen LogP contribution in [0.2, 0.25) is 0 Å². The third-order valence-corrected chi connectivity index (χ3v) is 7.33. The highest BCUT2D eigenvalue weighted by Gasteiger charge is 2.39. The van der Waals surface area contributed by atoms with Gasteiger partial charge >= 0.3 is 5.97 Å². The fourth-order valence-electron chi connectivity index (χ4n) is 5.17. The molecule has 1 saturated carbocycles. The number of aromatic nitrogens is 2. The molecular formula is C28H23F2N3O3. The van der Waals surface area contributed by atoms with Crippen LogP contribution in [0.4, 0.5) is 8.78 Å². The molecule has 3 aromatic carbocycles. The molecule has 36 heavy (non-hydrogen) atoms. The van der Waals surface area contributed by atoms with Crippen LogP contribution in [0.25, 0.3) is 34.0 Å². The smallest absolute Gasteiger partial charge is 0.306 e. The van der Waals surface area contributed by atoms with E-state index < -0.39 is 17.6 Å². The molecule has 8 heteroatoms. The predicted octanol–water partition coefficient (Wildman–Crippen LogP) is 5.84. The molecule has 6 nitrogen and oxygen atoms in total. The Hall–Kier alpha value is -3.91. The normalized spacial score (nSPS) is 19.2. The fraction of sp³-hybridized carbons (Fsp3) is 0.250. The molecule has 0 unspecified atom stereocenters. The van der Waals surface area contributed by atoms with E-state index in [9.17, 15) is 13.6 Å². The summed E-state index contributed by atoms with van der Waals surface area (Å²) in [5.41, 5.74) is 5.52. The van der Waals surface area contributed by atoms with Gasteiger partial charge in [-0.1, -0.05) is 35.5 Å². The third-order valence-electron chi connectivity index (χ3n) is 7.33. The molecular weight excluding hydrogens is 464 g/mol. The number of nitrogens with zero attached hydrogens (tertiary/aromatic N) is 3. The molecule has 6 rings (SSSR count). The highest BCUT2D eigenvalue weighted by molar-refractivity contribution is 5.72. The van der Waals surface area contributed by atoms with Crippen LogP contribution < -0.4 is 0 Å². The summed E-state index contributed by atoms with van der Waals surface area (Å²) in [7, 11) is 0. The Morgan fingerprint density at radius 3 is 2.56 bits per heavy atom. The summed E-state index contributed by atoms with van der Waals surface area (Å²) < 4.78 is 33.5. The van der Waals surface area contributed by atoms with E-state index in [1.54, 1.807) is 18.2 Å². The van der Waals surface area contributed by atoms with Crippen LogP contribution in [-0.4, -0.2) is 32.2 Å².